The maximum absolute atomic E-state index is 13.4. The first-order valence-electron chi connectivity index (χ1n) is 9.30. The number of hydrogen-bond acceptors (Lipinski definition) is 5. The number of methoxy groups -OCH3 is 1. The summed E-state index contributed by atoms with van der Waals surface area (Å²) in [6.07, 6.45) is 0. The van der Waals surface area contributed by atoms with Crippen LogP contribution in [0.25, 0.3) is 0 Å². The van der Waals surface area contributed by atoms with E-state index in [1.165, 1.54) is 7.11 Å². The third-order valence-electron chi connectivity index (χ3n) is 4.38. The summed E-state index contributed by atoms with van der Waals surface area (Å²) in [5.74, 6) is -0.00141. The Labute approximate surface area is 173 Å². The number of amides is 1. The number of ether oxygens (including phenoxy) is 1. The van der Waals surface area contributed by atoms with Crippen LogP contribution in [0.5, 0.6) is 5.75 Å². The Kier molecular flexibility index (Phi) is 7.64. The standard InChI is InChI=1S/C21H29N3O4S/c1-16-6-9-18(10-7-16)29(26,27)24(15-21(25)22-12-13-23(3)4)19-14-17(2)8-11-20(19)28-5/h6-11,14H,12-13,15H2,1-5H3,(H,22,25). The van der Waals surface area contributed by atoms with Gasteiger partial charge in [0.25, 0.3) is 10.0 Å². The molecule has 0 aliphatic carbocycles. The van der Waals surface area contributed by atoms with Crippen molar-refractivity contribution in [3.05, 3.63) is 53.6 Å². The van der Waals surface area contributed by atoms with Gasteiger partial charge in [-0.2, -0.15) is 0 Å². The number of aryl methyl sites for hydroxylation is 2. The first kappa shape index (κ1) is 22.7. The SMILES string of the molecule is COc1ccc(C)cc1N(CC(=O)NCCN(C)C)S(=O)(=O)c1ccc(C)cc1. The van der Waals surface area contributed by atoms with Gasteiger partial charge >= 0.3 is 0 Å². The maximum Gasteiger partial charge on any atom is 0.264 e. The minimum atomic E-state index is -3.97. The highest BCUT2D eigenvalue weighted by molar-refractivity contribution is 7.92. The van der Waals surface area contributed by atoms with Crippen LogP contribution in [0.3, 0.4) is 0 Å². The van der Waals surface area contributed by atoms with Crippen LogP contribution in [0.4, 0.5) is 5.69 Å². The van der Waals surface area contributed by atoms with E-state index in [1.807, 2.05) is 38.9 Å². The lowest BCUT2D eigenvalue weighted by Gasteiger charge is -2.26. The van der Waals surface area contributed by atoms with Gasteiger partial charge < -0.3 is 15.0 Å². The summed E-state index contributed by atoms with van der Waals surface area (Å²) in [6.45, 7) is 4.48. The quantitative estimate of drug-likeness (QED) is 0.674. The molecule has 1 amide bonds. The van der Waals surface area contributed by atoms with E-state index in [9.17, 15) is 13.2 Å². The number of hydrogen-bond donors (Lipinski definition) is 1. The van der Waals surface area contributed by atoms with Gasteiger partial charge in [-0.15, -0.1) is 0 Å². The summed E-state index contributed by atoms with van der Waals surface area (Å²) >= 11 is 0. The molecule has 8 heteroatoms. The second-order valence-electron chi connectivity index (χ2n) is 7.15. The third kappa shape index (κ3) is 5.95. The van der Waals surface area contributed by atoms with E-state index in [-0.39, 0.29) is 17.3 Å². The molecule has 0 aromatic heterocycles. The highest BCUT2D eigenvalue weighted by Gasteiger charge is 2.29. The molecule has 0 unspecified atom stereocenters. The topological polar surface area (TPSA) is 79.0 Å². The molecule has 0 spiro atoms. The highest BCUT2D eigenvalue weighted by atomic mass is 32.2. The zero-order chi connectivity index (χ0) is 21.6. The molecule has 0 bridgehead atoms. The minimum Gasteiger partial charge on any atom is -0.495 e. The molecule has 0 saturated carbocycles. The van der Waals surface area contributed by atoms with Gasteiger partial charge in [-0.05, 0) is 57.8 Å². The van der Waals surface area contributed by atoms with E-state index in [4.69, 9.17) is 4.74 Å². The van der Waals surface area contributed by atoms with Crippen molar-refractivity contribution in [1.29, 1.82) is 0 Å². The van der Waals surface area contributed by atoms with Gasteiger partial charge in [0.1, 0.15) is 12.3 Å². The fourth-order valence-corrected chi connectivity index (χ4v) is 4.16. The van der Waals surface area contributed by atoms with E-state index in [2.05, 4.69) is 5.32 Å². The van der Waals surface area contributed by atoms with E-state index in [0.29, 0.717) is 24.5 Å². The van der Waals surface area contributed by atoms with Crippen molar-refractivity contribution in [2.45, 2.75) is 18.7 Å². The molecule has 158 valence electrons. The van der Waals surface area contributed by atoms with E-state index >= 15 is 0 Å². The molecule has 0 aliphatic heterocycles. The largest absolute Gasteiger partial charge is 0.495 e. The van der Waals surface area contributed by atoms with Gasteiger partial charge in [0, 0.05) is 13.1 Å². The lowest BCUT2D eigenvalue weighted by molar-refractivity contribution is -0.119. The molecular weight excluding hydrogens is 390 g/mol. The summed E-state index contributed by atoms with van der Waals surface area (Å²) in [6, 6.07) is 11.8. The Hall–Kier alpha value is -2.58. The monoisotopic (exact) mass is 419 g/mol. The predicted molar refractivity (Wildman–Crippen MR) is 115 cm³/mol. The number of anilines is 1. The summed E-state index contributed by atoms with van der Waals surface area (Å²) in [7, 11) is 1.30. The summed E-state index contributed by atoms with van der Waals surface area (Å²) < 4.78 is 33.3. The van der Waals surface area contributed by atoms with Crippen molar-refractivity contribution in [2.75, 3.05) is 45.1 Å². The van der Waals surface area contributed by atoms with Gasteiger partial charge in [-0.3, -0.25) is 9.10 Å². The van der Waals surface area contributed by atoms with Gasteiger partial charge in [-0.25, -0.2) is 8.42 Å². The average molecular weight is 420 g/mol. The molecule has 0 heterocycles. The molecule has 0 aliphatic rings. The van der Waals surface area contributed by atoms with Gasteiger partial charge in [0.05, 0.1) is 17.7 Å². The molecular formula is C21H29N3O4S. The molecule has 0 fully saturated rings. The zero-order valence-electron chi connectivity index (χ0n) is 17.6. The molecule has 29 heavy (non-hydrogen) atoms. The van der Waals surface area contributed by atoms with E-state index in [0.717, 1.165) is 15.4 Å². The Morgan fingerprint density at radius 3 is 2.24 bits per heavy atom. The van der Waals surface area contributed by atoms with Crippen LogP contribution in [0, 0.1) is 13.8 Å². The molecule has 2 aromatic rings. The smallest absolute Gasteiger partial charge is 0.264 e. The third-order valence-corrected chi connectivity index (χ3v) is 6.15. The van der Waals surface area contributed by atoms with Crippen LogP contribution in [0.2, 0.25) is 0 Å². The minimum absolute atomic E-state index is 0.118. The van der Waals surface area contributed by atoms with Crippen molar-refractivity contribution in [1.82, 2.24) is 10.2 Å². The van der Waals surface area contributed by atoms with Crippen molar-refractivity contribution >= 4 is 21.6 Å². The zero-order valence-corrected chi connectivity index (χ0v) is 18.4. The number of benzene rings is 2. The van der Waals surface area contributed by atoms with Crippen LogP contribution in [-0.2, 0) is 14.8 Å². The van der Waals surface area contributed by atoms with Crippen LogP contribution in [-0.4, -0.2) is 60.1 Å². The molecule has 2 rings (SSSR count). The van der Waals surface area contributed by atoms with Gasteiger partial charge in [0.15, 0.2) is 0 Å². The van der Waals surface area contributed by atoms with Crippen molar-refractivity contribution in [3.8, 4) is 5.75 Å². The highest BCUT2D eigenvalue weighted by Crippen LogP contribution is 2.33. The number of rotatable bonds is 9. The fraction of sp³-hybridized carbons (Fsp3) is 0.381. The van der Waals surface area contributed by atoms with Crippen LogP contribution < -0.4 is 14.4 Å². The molecule has 0 saturated heterocycles. The number of carbonyl (C=O) groups is 1. The maximum atomic E-state index is 13.4. The molecule has 2 aromatic carbocycles. The number of likely N-dealkylation sites (N-methyl/N-ethyl adjacent to an activating group) is 1. The van der Waals surface area contributed by atoms with Crippen LogP contribution in [0.15, 0.2) is 47.4 Å². The Morgan fingerprint density at radius 1 is 1.03 bits per heavy atom. The number of carbonyl (C=O) groups excluding carboxylic acids is 1. The Balaban J connectivity index is 2.44. The first-order chi connectivity index (χ1) is 13.6. The van der Waals surface area contributed by atoms with Crippen LogP contribution in [0.1, 0.15) is 11.1 Å². The average Bonchev–Trinajstić information content (AvgIpc) is 2.66. The van der Waals surface area contributed by atoms with Crippen molar-refractivity contribution < 1.29 is 17.9 Å². The summed E-state index contributed by atoms with van der Waals surface area (Å²) in [4.78, 5) is 14.6. The summed E-state index contributed by atoms with van der Waals surface area (Å²) in [5, 5.41) is 2.77. The van der Waals surface area contributed by atoms with Gasteiger partial charge in [-0.1, -0.05) is 23.8 Å². The van der Waals surface area contributed by atoms with Gasteiger partial charge in [0.2, 0.25) is 5.91 Å². The number of nitrogens with one attached hydrogen (secondary N) is 1. The Bertz CT molecular complexity index is 941. The van der Waals surface area contributed by atoms with Crippen molar-refractivity contribution in [3.63, 3.8) is 0 Å². The fourth-order valence-electron chi connectivity index (χ4n) is 2.74. The second-order valence-corrected chi connectivity index (χ2v) is 9.02. The normalized spacial score (nSPS) is 11.4. The van der Waals surface area contributed by atoms with Crippen molar-refractivity contribution in [2.24, 2.45) is 0 Å². The molecule has 0 radical (unpaired) electrons. The Morgan fingerprint density at radius 2 is 1.66 bits per heavy atom. The molecule has 0 atom stereocenters. The summed E-state index contributed by atoms with van der Waals surface area (Å²) in [5.41, 5.74) is 2.14. The first-order valence-corrected chi connectivity index (χ1v) is 10.7. The number of sulfonamides is 1. The molecule has 7 nitrogen and oxygen atoms in total. The lowest BCUT2D eigenvalue weighted by Crippen LogP contribution is -2.42. The second kappa shape index (κ2) is 9.76. The van der Waals surface area contributed by atoms with Crippen LogP contribution >= 0.6 is 0 Å². The molecule has 1 N–H and O–H groups in total. The number of nitrogens with zero attached hydrogens (tertiary/aromatic N) is 2. The predicted octanol–water partition coefficient (Wildman–Crippen LogP) is 2.19. The van der Waals surface area contributed by atoms with E-state index < -0.39 is 10.0 Å². The van der Waals surface area contributed by atoms with E-state index in [1.54, 1.807) is 36.4 Å². The lowest BCUT2D eigenvalue weighted by atomic mass is 10.2.